The highest BCUT2D eigenvalue weighted by atomic mass is 32.2. The predicted molar refractivity (Wildman–Crippen MR) is 111 cm³/mol. The number of amides is 1. The Hall–Kier alpha value is -1.93. The summed E-state index contributed by atoms with van der Waals surface area (Å²) in [5.41, 5.74) is 0.111. The first-order valence-electron chi connectivity index (χ1n) is 10.2. The van der Waals surface area contributed by atoms with Crippen molar-refractivity contribution < 1.29 is 22.7 Å². The van der Waals surface area contributed by atoms with Crippen LogP contribution in [-0.2, 0) is 19.6 Å². The quantitative estimate of drug-likeness (QED) is 0.648. The van der Waals surface area contributed by atoms with Crippen LogP contribution in [0.1, 0.15) is 57.3 Å². The number of nitrogens with one attached hydrogen (secondary N) is 1. The molecule has 1 aliphatic rings. The highest BCUT2D eigenvalue weighted by Crippen LogP contribution is 2.27. The van der Waals surface area contributed by atoms with Crippen molar-refractivity contribution in [1.82, 2.24) is 9.62 Å². The SMILES string of the molecule is CCC(CC)NC(=O)COC(=O)c1cccc(S(=O)(=O)N2CC(C)CC(C)C2)c1. The molecule has 162 valence electrons. The second-order valence-electron chi connectivity index (χ2n) is 7.95. The van der Waals surface area contributed by atoms with Gasteiger partial charge in [0, 0.05) is 19.1 Å². The fourth-order valence-electron chi connectivity index (χ4n) is 3.71. The molecule has 2 atom stereocenters. The summed E-state index contributed by atoms with van der Waals surface area (Å²) in [4.78, 5) is 24.3. The third-order valence-corrected chi connectivity index (χ3v) is 7.06. The molecular formula is C21H32N2O5S. The smallest absolute Gasteiger partial charge is 0.338 e. The van der Waals surface area contributed by atoms with E-state index in [1.807, 2.05) is 27.7 Å². The number of hydrogen-bond acceptors (Lipinski definition) is 5. The van der Waals surface area contributed by atoms with Gasteiger partial charge in [0.15, 0.2) is 6.61 Å². The van der Waals surface area contributed by atoms with E-state index in [-0.39, 0.29) is 34.2 Å². The molecule has 1 saturated heterocycles. The second kappa shape index (κ2) is 10.2. The topological polar surface area (TPSA) is 92.8 Å². The Morgan fingerprint density at radius 1 is 1.17 bits per heavy atom. The Morgan fingerprint density at radius 3 is 2.38 bits per heavy atom. The molecule has 1 aromatic carbocycles. The number of ether oxygens (including phenoxy) is 1. The molecule has 2 rings (SSSR count). The Balaban J connectivity index is 2.06. The summed E-state index contributed by atoms with van der Waals surface area (Å²) in [6.45, 7) is 8.56. The number of rotatable bonds is 8. The van der Waals surface area contributed by atoms with Gasteiger partial charge < -0.3 is 10.1 Å². The lowest BCUT2D eigenvalue weighted by molar-refractivity contribution is -0.125. The van der Waals surface area contributed by atoms with E-state index in [1.165, 1.54) is 28.6 Å². The molecule has 0 aromatic heterocycles. The van der Waals surface area contributed by atoms with Crippen LogP contribution in [0, 0.1) is 11.8 Å². The lowest BCUT2D eigenvalue weighted by Gasteiger charge is -2.34. The van der Waals surface area contributed by atoms with Crippen LogP contribution in [0.2, 0.25) is 0 Å². The summed E-state index contributed by atoms with van der Waals surface area (Å²) in [6.07, 6.45) is 2.59. The van der Waals surface area contributed by atoms with Gasteiger partial charge in [0.25, 0.3) is 5.91 Å². The fourth-order valence-corrected chi connectivity index (χ4v) is 5.44. The summed E-state index contributed by atoms with van der Waals surface area (Å²) >= 11 is 0. The van der Waals surface area contributed by atoms with Crippen LogP contribution in [-0.4, -0.2) is 50.3 Å². The van der Waals surface area contributed by atoms with Crippen molar-refractivity contribution >= 4 is 21.9 Å². The van der Waals surface area contributed by atoms with Gasteiger partial charge in [-0.2, -0.15) is 4.31 Å². The monoisotopic (exact) mass is 424 g/mol. The number of carbonyl (C=O) groups is 2. The van der Waals surface area contributed by atoms with Crippen LogP contribution in [0.4, 0.5) is 0 Å². The summed E-state index contributed by atoms with van der Waals surface area (Å²) < 4.78 is 32.6. The first-order valence-corrected chi connectivity index (χ1v) is 11.7. The maximum Gasteiger partial charge on any atom is 0.338 e. The molecule has 2 unspecified atom stereocenters. The fraction of sp³-hybridized carbons (Fsp3) is 0.619. The van der Waals surface area contributed by atoms with Gasteiger partial charge in [0.2, 0.25) is 10.0 Å². The van der Waals surface area contributed by atoms with Gasteiger partial charge in [0.1, 0.15) is 0 Å². The molecule has 1 aromatic rings. The largest absolute Gasteiger partial charge is 0.452 e. The number of hydrogen-bond donors (Lipinski definition) is 1. The summed E-state index contributed by atoms with van der Waals surface area (Å²) in [5.74, 6) is -0.514. The maximum absolute atomic E-state index is 13.0. The maximum atomic E-state index is 13.0. The molecule has 7 nitrogen and oxygen atoms in total. The second-order valence-corrected chi connectivity index (χ2v) is 9.89. The van der Waals surface area contributed by atoms with E-state index in [9.17, 15) is 18.0 Å². The molecule has 0 aliphatic carbocycles. The Morgan fingerprint density at radius 2 is 1.79 bits per heavy atom. The Bertz CT molecular complexity index is 810. The molecule has 0 spiro atoms. The van der Waals surface area contributed by atoms with E-state index in [0.717, 1.165) is 19.3 Å². The van der Waals surface area contributed by atoms with E-state index in [2.05, 4.69) is 5.32 Å². The highest BCUT2D eigenvalue weighted by Gasteiger charge is 2.32. The van der Waals surface area contributed by atoms with Gasteiger partial charge in [-0.25, -0.2) is 13.2 Å². The zero-order valence-electron chi connectivity index (χ0n) is 17.7. The molecule has 8 heteroatoms. The zero-order chi connectivity index (χ0) is 21.6. The molecule has 1 amide bonds. The van der Waals surface area contributed by atoms with E-state index in [4.69, 9.17) is 4.74 Å². The highest BCUT2D eigenvalue weighted by molar-refractivity contribution is 7.89. The third kappa shape index (κ3) is 6.27. The van der Waals surface area contributed by atoms with Crippen molar-refractivity contribution in [3.63, 3.8) is 0 Å². The number of piperidine rings is 1. The molecule has 1 fully saturated rings. The third-order valence-electron chi connectivity index (χ3n) is 5.23. The van der Waals surface area contributed by atoms with Gasteiger partial charge >= 0.3 is 5.97 Å². The molecule has 1 aliphatic heterocycles. The van der Waals surface area contributed by atoms with E-state index < -0.39 is 22.6 Å². The van der Waals surface area contributed by atoms with Gasteiger partial charge in [0.05, 0.1) is 10.5 Å². The molecule has 0 radical (unpaired) electrons. The molecule has 1 heterocycles. The van der Waals surface area contributed by atoms with Gasteiger partial charge in [-0.15, -0.1) is 0 Å². The van der Waals surface area contributed by atoms with Crippen LogP contribution < -0.4 is 5.32 Å². The normalized spacial score (nSPS) is 20.4. The van der Waals surface area contributed by atoms with Gasteiger partial charge in [-0.3, -0.25) is 4.79 Å². The van der Waals surface area contributed by atoms with Crippen molar-refractivity contribution in [2.75, 3.05) is 19.7 Å². The summed E-state index contributed by atoms with van der Waals surface area (Å²) in [6, 6.07) is 5.85. The first-order chi connectivity index (χ1) is 13.7. The molecule has 1 N–H and O–H groups in total. The van der Waals surface area contributed by atoms with Crippen LogP contribution in [0.3, 0.4) is 0 Å². The van der Waals surface area contributed by atoms with E-state index in [1.54, 1.807) is 0 Å². The zero-order valence-corrected chi connectivity index (χ0v) is 18.5. The van der Waals surface area contributed by atoms with Crippen LogP contribution >= 0.6 is 0 Å². The molecule has 0 bridgehead atoms. The van der Waals surface area contributed by atoms with Crippen molar-refractivity contribution in [2.24, 2.45) is 11.8 Å². The Labute approximate surface area is 173 Å². The lowest BCUT2D eigenvalue weighted by atomic mass is 9.94. The van der Waals surface area contributed by atoms with Crippen molar-refractivity contribution in [3.05, 3.63) is 29.8 Å². The van der Waals surface area contributed by atoms with Crippen LogP contribution in [0.15, 0.2) is 29.2 Å². The number of benzene rings is 1. The van der Waals surface area contributed by atoms with E-state index >= 15 is 0 Å². The first kappa shape index (κ1) is 23.3. The Kier molecular flexibility index (Phi) is 8.22. The number of nitrogens with zero attached hydrogens (tertiary/aromatic N) is 1. The summed E-state index contributed by atoms with van der Waals surface area (Å²) in [5, 5.41) is 2.79. The number of esters is 1. The minimum absolute atomic E-state index is 0.0454. The standard InChI is InChI=1S/C21H32N2O5S/c1-5-18(6-2)22-20(24)14-28-21(25)17-8-7-9-19(11-17)29(26,27)23-12-15(3)10-16(4)13-23/h7-9,11,15-16,18H,5-6,10,12-14H2,1-4H3,(H,22,24). The van der Waals surface area contributed by atoms with Crippen molar-refractivity contribution in [2.45, 2.75) is 57.9 Å². The molecule has 0 saturated carbocycles. The lowest BCUT2D eigenvalue weighted by Crippen LogP contribution is -2.42. The minimum atomic E-state index is -3.69. The van der Waals surface area contributed by atoms with Crippen molar-refractivity contribution in [3.8, 4) is 0 Å². The number of sulfonamides is 1. The van der Waals surface area contributed by atoms with Crippen molar-refractivity contribution in [1.29, 1.82) is 0 Å². The molecule has 29 heavy (non-hydrogen) atoms. The van der Waals surface area contributed by atoms with Crippen LogP contribution in [0.25, 0.3) is 0 Å². The van der Waals surface area contributed by atoms with Gasteiger partial charge in [-0.1, -0.05) is 33.8 Å². The van der Waals surface area contributed by atoms with Crippen LogP contribution in [0.5, 0.6) is 0 Å². The average Bonchev–Trinajstić information content (AvgIpc) is 2.69. The minimum Gasteiger partial charge on any atom is -0.452 e. The predicted octanol–water partition coefficient (Wildman–Crippen LogP) is 2.81. The molecular weight excluding hydrogens is 392 g/mol. The summed E-state index contributed by atoms with van der Waals surface area (Å²) in [7, 11) is -3.69. The van der Waals surface area contributed by atoms with E-state index in [0.29, 0.717) is 13.1 Å². The average molecular weight is 425 g/mol. The number of carbonyl (C=O) groups excluding carboxylic acids is 2. The van der Waals surface area contributed by atoms with Gasteiger partial charge in [-0.05, 0) is 49.3 Å².